The third-order valence-corrected chi connectivity index (χ3v) is 4.96. The van der Waals surface area contributed by atoms with Crippen molar-refractivity contribution < 1.29 is 14.6 Å². The summed E-state index contributed by atoms with van der Waals surface area (Å²) in [6.45, 7) is 11.7. The lowest BCUT2D eigenvalue weighted by molar-refractivity contribution is 0.0337. The van der Waals surface area contributed by atoms with E-state index >= 15 is 0 Å². The highest BCUT2D eigenvalue weighted by molar-refractivity contribution is 6.30. The Morgan fingerprint density at radius 1 is 1.19 bits per heavy atom. The third-order valence-electron chi connectivity index (χ3n) is 4.74. The van der Waals surface area contributed by atoms with Crippen molar-refractivity contribution in [3.05, 3.63) is 22.7 Å². The van der Waals surface area contributed by atoms with E-state index in [0.717, 1.165) is 50.5 Å². The lowest BCUT2D eigenvalue weighted by atomic mass is 9.94. The second kappa shape index (κ2) is 9.27. The Balaban J connectivity index is 2.13. The minimum atomic E-state index is 0.216. The molecule has 1 atom stereocenters. The zero-order valence-electron chi connectivity index (χ0n) is 16.7. The predicted molar refractivity (Wildman–Crippen MR) is 106 cm³/mol. The van der Waals surface area contributed by atoms with Crippen LogP contribution in [0.5, 0.6) is 11.5 Å². The molecule has 1 saturated heterocycles. The van der Waals surface area contributed by atoms with Crippen molar-refractivity contribution in [3.63, 3.8) is 0 Å². The predicted octanol–water partition coefficient (Wildman–Crippen LogP) is 3.27. The number of hydrogen-bond donors (Lipinski definition) is 1. The molecule has 1 aliphatic heterocycles. The van der Waals surface area contributed by atoms with Gasteiger partial charge in [0, 0.05) is 62.0 Å². The molecule has 0 unspecified atom stereocenters. The van der Waals surface area contributed by atoms with Crippen LogP contribution in [-0.4, -0.2) is 68.0 Å². The smallest absolute Gasteiger partial charge is 0.165 e. The molecule has 2 rings (SSSR count). The van der Waals surface area contributed by atoms with Crippen molar-refractivity contribution in [1.29, 1.82) is 0 Å². The molecular formula is C20H33ClN2O3. The van der Waals surface area contributed by atoms with Gasteiger partial charge in [0.15, 0.2) is 11.5 Å². The van der Waals surface area contributed by atoms with Gasteiger partial charge in [-0.3, -0.25) is 9.80 Å². The molecular weight excluding hydrogens is 352 g/mol. The summed E-state index contributed by atoms with van der Waals surface area (Å²) in [5, 5.41) is 10.1. The number of benzene rings is 1. The molecule has 6 heteroatoms. The van der Waals surface area contributed by atoms with Gasteiger partial charge in [-0.2, -0.15) is 0 Å². The van der Waals surface area contributed by atoms with Gasteiger partial charge >= 0.3 is 0 Å². The Bertz CT molecular complexity index is 589. The molecule has 0 saturated carbocycles. The minimum Gasteiger partial charge on any atom is -0.493 e. The Morgan fingerprint density at radius 2 is 1.92 bits per heavy atom. The lowest BCUT2D eigenvalue weighted by Gasteiger charge is -2.44. The first-order valence-corrected chi connectivity index (χ1v) is 9.63. The molecule has 0 bridgehead atoms. The van der Waals surface area contributed by atoms with E-state index in [2.05, 4.69) is 30.6 Å². The van der Waals surface area contributed by atoms with Gasteiger partial charge in [0.25, 0.3) is 0 Å². The van der Waals surface area contributed by atoms with Gasteiger partial charge in [-0.1, -0.05) is 32.4 Å². The number of aliphatic hydroxyl groups is 1. The molecule has 1 N–H and O–H groups in total. The molecule has 1 aromatic rings. The van der Waals surface area contributed by atoms with E-state index in [0.29, 0.717) is 16.8 Å². The maximum absolute atomic E-state index is 9.50. The first-order chi connectivity index (χ1) is 12.3. The Morgan fingerprint density at radius 3 is 2.50 bits per heavy atom. The summed E-state index contributed by atoms with van der Waals surface area (Å²) in [4.78, 5) is 4.93. The summed E-state index contributed by atoms with van der Waals surface area (Å²) in [6, 6.07) is 4.09. The molecule has 1 aromatic carbocycles. The van der Waals surface area contributed by atoms with Crippen LogP contribution in [-0.2, 0) is 6.54 Å². The summed E-state index contributed by atoms with van der Waals surface area (Å²) in [6.07, 6.45) is 0.794. The van der Waals surface area contributed by atoms with E-state index in [-0.39, 0.29) is 12.0 Å². The first-order valence-electron chi connectivity index (χ1n) is 9.25. The van der Waals surface area contributed by atoms with Crippen molar-refractivity contribution in [1.82, 2.24) is 9.80 Å². The molecule has 1 heterocycles. The van der Waals surface area contributed by atoms with Crippen molar-refractivity contribution in [2.45, 2.75) is 39.8 Å². The van der Waals surface area contributed by atoms with Gasteiger partial charge in [0.1, 0.15) is 0 Å². The largest absolute Gasteiger partial charge is 0.493 e. The SMILES string of the molecule is COc1cc(Cl)cc(CN2CCN(CC(C)(C)C)[C@@H](CCO)C2)c1OC. The van der Waals surface area contributed by atoms with Crippen LogP contribution >= 0.6 is 11.6 Å². The zero-order valence-corrected chi connectivity index (χ0v) is 17.5. The van der Waals surface area contributed by atoms with Crippen LogP contribution in [0.1, 0.15) is 32.8 Å². The van der Waals surface area contributed by atoms with Gasteiger partial charge in [-0.05, 0) is 17.9 Å². The summed E-state index contributed by atoms with van der Waals surface area (Å²) in [5.41, 5.74) is 1.28. The van der Waals surface area contributed by atoms with Gasteiger partial charge < -0.3 is 14.6 Å². The van der Waals surface area contributed by atoms with E-state index in [1.165, 1.54) is 0 Å². The van der Waals surface area contributed by atoms with Crippen LogP contribution in [0.3, 0.4) is 0 Å². The van der Waals surface area contributed by atoms with Crippen molar-refractivity contribution in [2.24, 2.45) is 5.41 Å². The van der Waals surface area contributed by atoms with E-state index < -0.39 is 0 Å². The summed E-state index contributed by atoms with van der Waals surface area (Å²) in [7, 11) is 3.28. The van der Waals surface area contributed by atoms with Crippen molar-refractivity contribution in [3.8, 4) is 11.5 Å². The number of aliphatic hydroxyl groups excluding tert-OH is 1. The van der Waals surface area contributed by atoms with Gasteiger partial charge in [0.2, 0.25) is 0 Å². The lowest BCUT2D eigenvalue weighted by Crippen LogP contribution is -2.54. The number of nitrogens with zero attached hydrogens (tertiary/aromatic N) is 2. The molecule has 0 aromatic heterocycles. The summed E-state index contributed by atoms with van der Waals surface area (Å²) >= 11 is 6.25. The Kier molecular flexibility index (Phi) is 7.59. The number of halogens is 1. The number of hydrogen-bond acceptors (Lipinski definition) is 5. The molecule has 0 amide bonds. The average Bonchev–Trinajstić information content (AvgIpc) is 2.55. The molecule has 0 spiro atoms. The highest BCUT2D eigenvalue weighted by atomic mass is 35.5. The molecule has 1 aliphatic rings. The molecule has 1 fully saturated rings. The van der Waals surface area contributed by atoms with Crippen LogP contribution in [0.25, 0.3) is 0 Å². The van der Waals surface area contributed by atoms with Crippen molar-refractivity contribution in [2.75, 3.05) is 47.0 Å². The Hall–Kier alpha value is -1.01. The topological polar surface area (TPSA) is 45.2 Å². The van der Waals surface area contributed by atoms with Gasteiger partial charge in [-0.15, -0.1) is 0 Å². The first kappa shape index (κ1) is 21.3. The van der Waals surface area contributed by atoms with Gasteiger partial charge in [-0.25, -0.2) is 0 Å². The number of methoxy groups -OCH3 is 2. The second-order valence-corrected chi connectivity index (χ2v) is 8.67. The van der Waals surface area contributed by atoms with Crippen LogP contribution < -0.4 is 9.47 Å². The maximum Gasteiger partial charge on any atom is 0.165 e. The third kappa shape index (κ3) is 5.74. The molecule has 0 aliphatic carbocycles. The highest BCUT2D eigenvalue weighted by Crippen LogP contribution is 2.35. The molecule has 26 heavy (non-hydrogen) atoms. The monoisotopic (exact) mass is 384 g/mol. The molecule has 148 valence electrons. The molecule has 0 radical (unpaired) electrons. The Labute approximate surface area is 162 Å². The fourth-order valence-corrected chi connectivity index (χ4v) is 3.94. The van der Waals surface area contributed by atoms with Crippen LogP contribution in [0, 0.1) is 5.41 Å². The van der Waals surface area contributed by atoms with Crippen LogP contribution in [0.2, 0.25) is 5.02 Å². The number of piperazine rings is 1. The average molecular weight is 385 g/mol. The quantitative estimate of drug-likeness (QED) is 0.781. The fraction of sp³-hybridized carbons (Fsp3) is 0.700. The van der Waals surface area contributed by atoms with E-state index in [4.69, 9.17) is 21.1 Å². The fourth-order valence-electron chi connectivity index (χ4n) is 3.71. The number of ether oxygens (including phenoxy) is 2. The zero-order chi connectivity index (χ0) is 19.3. The minimum absolute atomic E-state index is 0.216. The number of rotatable bonds is 7. The van der Waals surface area contributed by atoms with Gasteiger partial charge in [0.05, 0.1) is 14.2 Å². The van der Waals surface area contributed by atoms with Crippen LogP contribution in [0.4, 0.5) is 0 Å². The highest BCUT2D eigenvalue weighted by Gasteiger charge is 2.30. The van der Waals surface area contributed by atoms with E-state index in [9.17, 15) is 5.11 Å². The van der Waals surface area contributed by atoms with Crippen LogP contribution in [0.15, 0.2) is 12.1 Å². The molecule has 5 nitrogen and oxygen atoms in total. The van der Waals surface area contributed by atoms with E-state index in [1.807, 2.05) is 6.07 Å². The maximum atomic E-state index is 9.50. The van der Waals surface area contributed by atoms with Crippen molar-refractivity contribution >= 4 is 11.6 Å². The normalized spacial score (nSPS) is 19.6. The van der Waals surface area contributed by atoms with E-state index in [1.54, 1.807) is 20.3 Å². The summed E-state index contributed by atoms with van der Waals surface area (Å²) in [5.74, 6) is 1.40. The summed E-state index contributed by atoms with van der Waals surface area (Å²) < 4.78 is 11.0. The second-order valence-electron chi connectivity index (χ2n) is 8.23. The standard InChI is InChI=1S/C20H33ClN2O3/c1-20(2,3)14-23-8-7-22(13-17(23)6-9-24)12-15-10-16(21)11-18(25-4)19(15)26-5/h10-11,17,24H,6-9,12-14H2,1-5H3/t17-/m0/s1.